The van der Waals surface area contributed by atoms with E-state index in [1.165, 1.54) is 0 Å². The van der Waals surface area contributed by atoms with Crippen molar-refractivity contribution >= 4 is 23.0 Å². The van der Waals surface area contributed by atoms with Gasteiger partial charge in [-0.15, -0.1) is 0 Å². The van der Waals surface area contributed by atoms with Gasteiger partial charge >= 0.3 is 0 Å². The molecule has 7 heteroatoms. The number of rotatable bonds is 5. The van der Waals surface area contributed by atoms with Crippen molar-refractivity contribution in [3.8, 4) is 11.5 Å². The van der Waals surface area contributed by atoms with E-state index < -0.39 is 5.91 Å². The van der Waals surface area contributed by atoms with E-state index >= 15 is 0 Å². The van der Waals surface area contributed by atoms with Crippen LogP contribution in [0.4, 0.5) is 5.69 Å². The number of carbonyl (C=O) groups excluding carboxylic acids is 2. The molecule has 2 heterocycles. The van der Waals surface area contributed by atoms with E-state index in [0.717, 1.165) is 11.2 Å². The number of anilines is 1. The Morgan fingerprint density at radius 2 is 1.76 bits per heavy atom. The zero-order valence-electron chi connectivity index (χ0n) is 15.6. The third-order valence-electron chi connectivity index (χ3n) is 4.58. The second-order valence-electron chi connectivity index (χ2n) is 6.46. The van der Waals surface area contributed by atoms with Crippen molar-refractivity contribution in [1.29, 1.82) is 0 Å². The second-order valence-corrected chi connectivity index (χ2v) is 6.46. The number of ether oxygens (including phenoxy) is 1. The van der Waals surface area contributed by atoms with Gasteiger partial charge in [0.05, 0.1) is 29.2 Å². The molecule has 7 nitrogen and oxygen atoms in total. The SMILES string of the molecule is Cc1c(C(=O)Nc2ccc(Oc3ccccc3C(N)=O)cc2)ccc2cncn12. The van der Waals surface area contributed by atoms with Crippen LogP contribution >= 0.6 is 0 Å². The Kier molecular flexibility index (Phi) is 4.70. The van der Waals surface area contributed by atoms with E-state index in [-0.39, 0.29) is 5.91 Å². The minimum atomic E-state index is -0.560. The molecule has 0 aliphatic heterocycles. The summed E-state index contributed by atoms with van der Waals surface area (Å²) in [6.45, 7) is 1.87. The molecule has 2 aromatic heterocycles. The summed E-state index contributed by atoms with van der Waals surface area (Å²) in [5, 5.41) is 2.87. The van der Waals surface area contributed by atoms with Gasteiger partial charge in [0.2, 0.25) is 0 Å². The number of hydrogen-bond donors (Lipinski definition) is 2. The van der Waals surface area contributed by atoms with Gasteiger partial charge in [-0.25, -0.2) is 4.98 Å². The van der Waals surface area contributed by atoms with Crippen LogP contribution < -0.4 is 15.8 Å². The fraction of sp³-hybridized carbons (Fsp3) is 0.0455. The van der Waals surface area contributed by atoms with Crippen molar-refractivity contribution in [3.63, 3.8) is 0 Å². The number of pyridine rings is 1. The summed E-state index contributed by atoms with van der Waals surface area (Å²) >= 11 is 0. The molecule has 0 saturated carbocycles. The number of benzene rings is 2. The van der Waals surface area contributed by atoms with Crippen molar-refractivity contribution in [2.75, 3.05) is 5.32 Å². The maximum atomic E-state index is 12.7. The highest BCUT2D eigenvalue weighted by atomic mass is 16.5. The molecule has 2 amide bonds. The summed E-state index contributed by atoms with van der Waals surface area (Å²) < 4.78 is 7.61. The van der Waals surface area contributed by atoms with Gasteiger partial charge in [-0.2, -0.15) is 0 Å². The third kappa shape index (κ3) is 3.66. The lowest BCUT2D eigenvalue weighted by Crippen LogP contribution is -2.14. The van der Waals surface area contributed by atoms with Crippen LogP contribution in [0.3, 0.4) is 0 Å². The summed E-state index contributed by atoms with van der Waals surface area (Å²) in [6.07, 6.45) is 3.42. The van der Waals surface area contributed by atoms with Gasteiger partial charge in [0.25, 0.3) is 11.8 Å². The Balaban J connectivity index is 1.50. The van der Waals surface area contributed by atoms with Crippen LogP contribution in [0.2, 0.25) is 0 Å². The number of primary amides is 1. The van der Waals surface area contributed by atoms with Crippen LogP contribution in [-0.2, 0) is 0 Å². The van der Waals surface area contributed by atoms with Crippen molar-refractivity contribution in [2.45, 2.75) is 6.92 Å². The Morgan fingerprint density at radius 1 is 1.00 bits per heavy atom. The van der Waals surface area contributed by atoms with E-state index in [2.05, 4.69) is 10.3 Å². The predicted octanol–water partition coefficient (Wildman–Crippen LogP) is 3.79. The van der Waals surface area contributed by atoms with E-state index in [9.17, 15) is 9.59 Å². The Hall–Kier alpha value is -4.13. The number of para-hydroxylation sites is 1. The first-order valence-electron chi connectivity index (χ1n) is 8.93. The molecule has 0 aliphatic carbocycles. The molecule has 29 heavy (non-hydrogen) atoms. The molecule has 0 saturated heterocycles. The van der Waals surface area contributed by atoms with Gasteiger partial charge in [-0.1, -0.05) is 12.1 Å². The van der Waals surface area contributed by atoms with Gasteiger partial charge in [0, 0.05) is 11.4 Å². The lowest BCUT2D eigenvalue weighted by molar-refractivity contribution is 0.0995. The quantitative estimate of drug-likeness (QED) is 0.545. The Morgan fingerprint density at radius 3 is 2.52 bits per heavy atom. The number of aromatic nitrogens is 2. The molecule has 0 atom stereocenters. The molecule has 2 aromatic carbocycles. The van der Waals surface area contributed by atoms with Gasteiger partial charge < -0.3 is 20.2 Å². The summed E-state index contributed by atoms with van der Waals surface area (Å²) in [4.78, 5) is 28.3. The number of carbonyl (C=O) groups is 2. The fourth-order valence-corrected chi connectivity index (χ4v) is 3.06. The smallest absolute Gasteiger partial charge is 0.257 e. The third-order valence-corrected chi connectivity index (χ3v) is 4.58. The maximum absolute atomic E-state index is 12.7. The Labute approximate surface area is 166 Å². The molecule has 4 rings (SSSR count). The summed E-state index contributed by atoms with van der Waals surface area (Å²) in [6, 6.07) is 17.2. The highest BCUT2D eigenvalue weighted by molar-refractivity contribution is 6.05. The van der Waals surface area contributed by atoms with E-state index in [0.29, 0.717) is 28.3 Å². The maximum Gasteiger partial charge on any atom is 0.257 e. The highest BCUT2D eigenvalue weighted by Crippen LogP contribution is 2.26. The second kappa shape index (κ2) is 7.47. The standard InChI is InChI=1S/C22H18N4O3/c1-14-18(11-8-16-12-24-13-26(14)16)22(28)25-15-6-9-17(10-7-15)29-20-5-3-2-4-19(20)21(23)27/h2-13H,1H3,(H2,23,27)(H,25,28). The number of imidazole rings is 1. The van der Waals surface area contributed by atoms with Crippen LogP contribution in [0, 0.1) is 6.92 Å². The van der Waals surface area contributed by atoms with E-state index in [1.807, 2.05) is 17.4 Å². The first kappa shape index (κ1) is 18.2. The number of fused-ring (bicyclic) bond motifs is 1. The lowest BCUT2D eigenvalue weighted by atomic mass is 10.1. The van der Waals surface area contributed by atoms with E-state index in [1.54, 1.807) is 67.1 Å². The minimum absolute atomic E-state index is 0.217. The van der Waals surface area contributed by atoms with Crippen LogP contribution in [0.25, 0.3) is 5.52 Å². The minimum Gasteiger partial charge on any atom is -0.457 e. The molecule has 0 radical (unpaired) electrons. The summed E-state index contributed by atoms with van der Waals surface area (Å²) in [7, 11) is 0. The van der Waals surface area contributed by atoms with Crippen LogP contribution in [-0.4, -0.2) is 21.2 Å². The van der Waals surface area contributed by atoms with Gasteiger partial charge in [0.1, 0.15) is 11.5 Å². The van der Waals surface area contributed by atoms with Crippen molar-refractivity contribution in [2.24, 2.45) is 5.73 Å². The van der Waals surface area contributed by atoms with Gasteiger partial charge in [-0.05, 0) is 55.5 Å². The molecule has 0 aliphatic rings. The molecule has 4 aromatic rings. The van der Waals surface area contributed by atoms with Crippen LogP contribution in [0.15, 0.2) is 73.2 Å². The molecule has 144 valence electrons. The Bertz CT molecular complexity index is 1210. The number of aryl methyl sites for hydroxylation is 1. The number of nitrogens with one attached hydrogen (secondary N) is 1. The largest absolute Gasteiger partial charge is 0.457 e. The van der Waals surface area contributed by atoms with E-state index in [4.69, 9.17) is 10.5 Å². The predicted molar refractivity (Wildman–Crippen MR) is 109 cm³/mol. The monoisotopic (exact) mass is 386 g/mol. The molecule has 3 N–H and O–H groups in total. The first-order chi connectivity index (χ1) is 14.0. The average molecular weight is 386 g/mol. The zero-order valence-corrected chi connectivity index (χ0v) is 15.6. The van der Waals surface area contributed by atoms with Gasteiger partial charge in [0.15, 0.2) is 0 Å². The average Bonchev–Trinajstić information content (AvgIpc) is 3.20. The molecular formula is C22H18N4O3. The normalized spacial score (nSPS) is 10.7. The first-order valence-corrected chi connectivity index (χ1v) is 8.93. The molecule has 0 bridgehead atoms. The summed E-state index contributed by atoms with van der Waals surface area (Å²) in [5.74, 6) is 0.120. The van der Waals surface area contributed by atoms with Crippen LogP contribution in [0.1, 0.15) is 26.4 Å². The van der Waals surface area contributed by atoms with Crippen LogP contribution in [0.5, 0.6) is 11.5 Å². The number of nitrogens with two attached hydrogens (primary N) is 1. The van der Waals surface area contributed by atoms with Crippen molar-refractivity contribution in [1.82, 2.24) is 9.38 Å². The van der Waals surface area contributed by atoms with Crippen molar-refractivity contribution < 1.29 is 14.3 Å². The molecular weight excluding hydrogens is 368 g/mol. The molecule has 0 unspecified atom stereocenters. The fourth-order valence-electron chi connectivity index (χ4n) is 3.06. The molecule has 0 fully saturated rings. The molecule has 0 spiro atoms. The summed E-state index contributed by atoms with van der Waals surface area (Å²) in [5.41, 5.74) is 8.59. The van der Waals surface area contributed by atoms with Crippen molar-refractivity contribution in [3.05, 3.63) is 90.0 Å². The number of hydrogen-bond acceptors (Lipinski definition) is 4. The number of nitrogens with zero attached hydrogens (tertiary/aromatic N) is 2. The zero-order chi connectivity index (χ0) is 20.4. The number of amides is 2. The topological polar surface area (TPSA) is 98.7 Å². The van der Waals surface area contributed by atoms with Gasteiger partial charge in [-0.3, -0.25) is 9.59 Å². The lowest BCUT2D eigenvalue weighted by Gasteiger charge is -2.11. The highest BCUT2D eigenvalue weighted by Gasteiger charge is 2.13.